The van der Waals surface area contributed by atoms with Crippen molar-refractivity contribution in [2.75, 3.05) is 26.7 Å². The van der Waals surface area contributed by atoms with Crippen LogP contribution in [0.1, 0.15) is 23.5 Å². The highest BCUT2D eigenvalue weighted by Crippen LogP contribution is 2.18. The van der Waals surface area contributed by atoms with E-state index in [0.717, 1.165) is 44.0 Å². The van der Waals surface area contributed by atoms with E-state index in [0.29, 0.717) is 5.89 Å². The van der Waals surface area contributed by atoms with Crippen molar-refractivity contribution in [3.05, 3.63) is 28.3 Å². The van der Waals surface area contributed by atoms with Crippen LogP contribution in [-0.2, 0) is 12.8 Å². The first-order valence-electron chi connectivity index (χ1n) is 6.43. The standard InChI is InChI=1S/C12H17N5OS/c1-17-5-4-13-6-10(17)12-15-11(18-16-12)3-2-9-7-19-8-14-9/h7-8,10,13H,2-6H2,1H3. The molecule has 2 aromatic heterocycles. The van der Waals surface area contributed by atoms with E-state index in [2.05, 4.69) is 37.8 Å². The molecule has 102 valence electrons. The van der Waals surface area contributed by atoms with Crippen LogP contribution in [0.2, 0.25) is 0 Å². The van der Waals surface area contributed by atoms with Crippen LogP contribution >= 0.6 is 11.3 Å². The van der Waals surface area contributed by atoms with Gasteiger partial charge in [-0.1, -0.05) is 5.16 Å². The van der Waals surface area contributed by atoms with E-state index < -0.39 is 0 Å². The Kier molecular flexibility index (Phi) is 3.86. The molecule has 0 saturated carbocycles. The molecule has 1 saturated heterocycles. The van der Waals surface area contributed by atoms with Gasteiger partial charge < -0.3 is 9.84 Å². The zero-order chi connectivity index (χ0) is 13.1. The van der Waals surface area contributed by atoms with Crippen molar-refractivity contribution in [1.82, 2.24) is 25.3 Å². The number of thiazole rings is 1. The number of nitrogens with zero attached hydrogens (tertiary/aromatic N) is 4. The molecule has 0 amide bonds. The van der Waals surface area contributed by atoms with Crippen LogP contribution in [0, 0.1) is 0 Å². The van der Waals surface area contributed by atoms with Crippen LogP contribution in [0.5, 0.6) is 0 Å². The van der Waals surface area contributed by atoms with Gasteiger partial charge in [-0.05, 0) is 13.5 Å². The summed E-state index contributed by atoms with van der Waals surface area (Å²) in [5.41, 5.74) is 2.93. The SMILES string of the molecule is CN1CCNCC1c1noc(CCc2cscn2)n1. The number of piperazine rings is 1. The van der Waals surface area contributed by atoms with Gasteiger partial charge in [0.2, 0.25) is 5.89 Å². The van der Waals surface area contributed by atoms with Crippen LogP contribution in [-0.4, -0.2) is 46.7 Å². The molecule has 0 aliphatic carbocycles. The second-order valence-corrected chi connectivity index (χ2v) is 5.45. The highest BCUT2D eigenvalue weighted by atomic mass is 32.1. The summed E-state index contributed by atoms with van der Waals surface area (Å²) in [5, 5.41) is 9.51. The molecule has 7 heteroatoms. The second kappa shape index (κ2) is 5.77. The number of aryl methyl sites for hydroxylation is 2. The third kappa shape index (κ3) is 2.99. The summed E-state index contributed by atoms with van der Waals surface area (Å²) in [4.78, 5) is 11.0. The Morgan fingerprint density at radius 2 is 2.47 bits per heavy atom. The average molecular weight is 279 g/mol. The Bertz CT molecular complexity index is 512. The lowest BCUT2D eigenvalue weighted by molar-refractivity contribution is 0.190. The Balaban J connectivity index is 1.62. The van der Waals surface area contributed by atoms with Crippen molar-refractivity contribution in [3.63, 3.8) is 0 Å². The number of nitrogens with one attached hydrogen (secondary N) is 1. The van der Waals surface area contributed by atoms with E-state index >= 15 is 0 Å². The van der Waals surface area contributed by atoms with Crippen molar-refractivity contribution >= 4 is 11.3 Å². The van der Waals surface area contributed by atoms with Gasteiger partial charge in [0, 0.05) is 31.4 Å². The summed E-state index contributed by atoms with van der Waals surface area (Å²) >= 11 is 1.61. The topological polar surface area (TPSA) is 67.1 Å². The molecule has 1 aliphatic rings. The van der Waals surface area contributed by atoms with Crippen molar-refractivity contribution in [3.8, 4) is 0 Å². The molecule has 2 aromatic rings. The third-order valence-electron chi connectivity index (χ3n) is 3.37. The van der Waals surface area contributed by atoms with Gasteiger partial charge in [0.25, 0.3) is 0 Å². The molecule has 3 heterocycles. The molecule has 0 aromatic carbocycles. The van der Waals surface area contributed by atoms with Crippen molar-refractivity contribution in [2.45, 2.75) is 18.9 Å². The van der Waals surface area contributed by atoms with Crippen molar-refractivity contribution in [1.29, 1.82) is 0 Å². The molecule has 1 aliphatic heterocycles. The molecule has 1 unspecified atom stereocenters. The molecule has 3 rings (SSSR count). The molecule has 0 spiro atoms. The predicted molar refractivity (Wildman–Crippen MR) is 72.1 cm³/mol. The van der Waals surface area contributed by atoms with Crippen molar-refractivity contribution in [2.24, 2.45) is 0 Å². The Hall–Kier alpha value is -1.31. The third-order valence-corrected chi connectivity index (χ3v) is 4.01. The minimum absolute atomic E-state index is 0.213. The largest absolute Gasteiger partial charge is 0.339 e. The first-order chi connectivity index (χ1) is 9.33. The first-order valence-corrected chi connectivity index (χ1v) is 7.37. The van der Waals surface area contributed by atoms with E-state index in [1.807, 2.05) is 5.51 Å². The highest BCUT2D eigenvalue weighted by molar-refractivity contribution is 7.07. The summed E-state index contributed by atoms with van der Waals surface area (Å²) in [5.74, 6) is 1.48. The summed E-state index contributed by atoms with van der Waals surface area (Å²) in [6, 6.07) is 0.213. The first kappa shape index (κ1) is 12.7. The summed E-state index contributed by atoms with van der Waals surface area (Å²) in [6.07, 6.45) is 1.60. The van der Waals surface area contributed by atoms with E-state index in [9.17, 15) is 0 Å². The monoisotopic (exact) mass is 279 g/mol. The quantitative estimate of drug-likeness (QED) is 0.896. The van der Waals surface area contributed by atoms with Crippen LogP contribution in [0.3, 0.4) is 0 Å². The zero-order valence-electron chi connectivity index (χ0n) is 10.9. The Labute approximate surface area is 115 Å². The Morgan fingerprint density at radius 1 is 1.53 bits per heavy atom. The minimum Gasteiger partial charge on any atom is -0.339 e. The van der Waals surface area contributed by atoms with Gasteiger partial charge in [-0.3, -0.25) is 4.90 Å². The van der Waals surface area contributed by atoms with Crippen LogP contribution in [0.25, 0.3) is 0 Å². The molecule has 19 heavy (non-hydrogen) atoms. The smallest absolute Gasteiger partial charge is 0.227 e. The fourth-order valence-corrected chi connectivity index (χ4v) is 2.79. The van der Waals surface area contributed by atoms with Gasteiger partial charge in [-0.25, -0.2) is 4.98 Å². The van der Waals surface area contributed by atoms with Crippen LogP contribution in [0.15, 0.2) is 15.4 Å². The number of hydrogen-bond acceptors (Lipinski definition) is 7. The maximum absolute atomic E-state index is 5.32. The lowest BCUT2D eigenvalue weighted by Crippen LogP contribution is -2.44. The number of rotatable bonds is 4. The van der Waals surface area contributed by atoms with Gasteiger partial charge in [-0.2, -0.15) is 4.98 Å². The van der Waals surface area contributed by atoms with Crippen LogP contribution in [0.4, 0.5) is 0 Å². The lowest BCUT2D eigenvalue weighted by Gasteiger charge is -2.30. The molecular weight excluding hydrogens is 262 g/mol. The summed E-state index contributed by atoms with van der Waals surface area (Å²) in [7, 11) is 2.09. The van der Waals surface area contributed by atoms with Crippen LogP contribution < -0.4 is 5.32 Å². The lowest BCUT2D eigenvalue weighted by atomic mass is 10.2. The fraction of sp³-hybridized carbons (Fsp3) is 0.583. The van der Waals surface area contributed by atoms with E-state index in [-0.39, 0.29) is 6.04 Å². The van der Waals surface area contributed by atoms with Gasteiger partial charge in [-0.15, -0.1) is 11.3 Å². The average Bonchev–Trinajstić information content (AvgIpc) is 3.08. The van der Waals surface area contributed by atoms with Gasteiger partial charge >= 0.3 is 0 Å². The minimum atomic E-state index is 0.213. The highest BCUT2D eigenvalue weighted by Gasteiger charge is 2.25. The molecular formula is C12H17N5OS. The molecule has 0 bridgehead atoms. The Morgan fingerprint density at radius 3 is 3.26 bits per heavy atom. The van der Waals surface area contributed by atoms with E-state index in [1.165, 1.54) is 0 Å². The number of hydrogen-bond donors (Lipinski definition) is 1. The van der Waals surface area contributed by atoms with Gasteiger partial charge in [0.1, 0.15) is 0 Å². The molecule has 1 N–H and O–H groups in total. The maximum Gasteiger partial charge on any atom is 0.227 e. The fourth-order valence-electron chi connectivity index (χ4n) is 2.20. The predicted octanol–water partition coefficient (Wildman–Crippen LogP) is 0.887. The van der Waals surface area contributed by atoms with Gasteiger partial charge in [0.05, 0.1) is 17.2 Å². The van der Waals surface area contributed by atoms with E-state index in [4.69, 9.17) is 4.52 Å². The molecule has 6 nitrogen and oxygen atoms in total. The summed E-state index contributed by atoms with van der Waals surface area (Å²) < 4.78 is 5.32. The number of aromatic nitrogens is 3. The summed E-state index contributed by atoms with van der Waals surface area (Å²) in [6.45, 7) is 2.90. The number of likely N-dealkylation sites (N-methyl/N-ethyl adjacent to an activating group) is 1. The van der Waals surface area contributed by atoms with E-state index in [1.54, 1.807) is 11.3 Å². The van der Waals surface area contributed by atoms with Gasteiger partial charge in [0.15, 0.2) is 5.82 Å². The molecule has 1 fully saturated rings. The molecule has 0 radical (unpaired) electrons. The van der Waals surface area contributed by atoms with Crippen molar-refractivity contribution < 1.29 is 4.52 Å². The normalized spacial score (nSPS) is 20.8. The molecule has 1 atom stereocenters. The maximum atomic E-state index is 5.32. The second-order valence-electron chi connectivity index (χ2n) is 4.73. The zero-order valence-corrected chi connectivity index (χ0v) is 11.7.